The zero-order chi connectivity index (χ0) is 11.8. The van der Waals surface area contributed by atoms with E-state index in [1.165, 1.54) is 0 Å². The van der Waals surface area contributed by atoms with Crippen LogP contribution >= 0.6 is 0 Å². The average Bonchev–Trinajstić information content (AvgIpc) is 2.66. The number of imidazole rings is 1. The van der Waals surface area contributed by atoms with Crippen LogP contribution in [0.1, 0.15) is 5.82 Å². The predicted octanol–water partition coefficient (Wildman–Crippen LogP) is 0.686. The number of rotatable bonds is 1. The summed E-state index contributed by atoms with van der Waals surface area (Å²) in [6.45, 7) is 6.11. The molecule has 1 fully saturated rings. The Labute approximate surface area is 100 Å². The second-order valence-corrected chi connectivity index (χ2v) is 4.49. The molecule has 1 N–H and O–H groups in total. The van der Waals surface area contributed by atoms with E-state index in [9.17, 15) is 0 Å². The molecule has 3 heterocycles. The van der Waals surface area contributed by atoms with E-state index in [-0.39, 0.29) is 0 Å². The summed E-state index contributed by atoms with van der Waals surface area (Å²) in [5.74, 6) is 2.07. The topological polar surface area (TPSA) is 46.0 Å². The zero-order valence-corrected chi connectivity index (χ0v) is 10.3. The number of pyridine rings is 1. The fourth-order valence-corrected chi connectivity index (χ4v) is 2.27. The van der Waals surface area contributed by atoms with E-state index in [1.807, 2.05) is 20.2 Å². The molecular weight excluding hydrogens is 214 g/mol. The minimum Gasteiger partial charge on any atom is -0.354 e. The van der Waals surface area contributed by atoms with Gasteiger partial charge in [-0.3, -0.25) is 0 Å². The standard InChI is InChI=1S/C12H17N5/c1-9-15-10-7-12(14-8-11(10)16(9)2)17-5-3-13-4-6-17/h7-8,13H,3-6H2,1-2H3. The third-order valence-corrected chi connectivity index (χ3v) is 3.42. The molecule has 17 heavy (non-hydrogen) atoms. The van der Waals surface area contributed by atoms with Gasteiger partial charge in [-0.15, -0.1) is 0 Å². The highest BCUT2D eigenvalue weighted by Gasteiger charge is 2.13. The van der Waals surface area contributed by atoms with E-state index in [1.54, 1.807) is 0 Å². The van der Waals surface area contributed by atoms with Crippen LogP contribution in [0.4, 0.5) is 5.82 Å². The molecular formula is C12H17N5. The number of aryl methyl sites for hydroxylation is 2. The first kappa shape index (κ1) is 10.5. The first-order valence-corrected chi connectivity index (χ1v) is 6.00. The largest absolute Gasteiger partial charge is 0.354 e. The van der Waals surface area contributed by atoms with Gasteiger partial charge < -0.3 is 14.8 Å². The quantitative estimate of drug-likeness (QED) is 0.784. The molecule has 2 aromatic heterocycles. The van der Waals surface area contributed by atoms with Crippen molar-refractivity contribution in [2.24, 2.45) is 7.05 Å². The van der Waals surface area contributed by atoms with Crippen LogP contribution in [0.5, 0.6) is 0 Å². The summed E-state index contributed by atoms with van der Waals surface area (Å²) in [7, 11) is 2.02. The molecule has 5 heteroatoms. The Balaban J connectivity index is 2.01. The second-order valence-electron chi connectivity index (χ2n) is 4.49. The lowest BCUT2D eigenvalue weighted by molar-refractivity contribution is 0.585. The maximum Gasteiger partial charge on any atom is 0.130 e. The van der Waals surface area contributed by atoms with Crippen LogP contribution in [0.2, 0.25) is 0 Å². The Morgan fingerprint density at radius 1 is 1.29 bits per heavy atom. The number of piperazine rings is 1. The minimum absolute atomic E-state index is 1.02. The lowest BCUT2D eigenvalue weighted by Gasteiger charge is -2.28. The molecule has 0 amide bonds. The number of nitrogens with one attached hydrogen (secondary N) is 1. The van der Waals surface area contributed by atoms with Gasteiger partial charge in [0.25, 0.3) is 0 Å². The average molecular weight is 231 g/mol. The number of anilines is 1. The van der Waals surface area contributed by atoms with Crippen molar-refractivity contribution in [2.45, 2.75) is 6.92 Å². The van der Waals surface area contributed by atoms with Crippen LogP contribution < -0.4 is 10.2 Å². The molecule has 0 spiro atoms. The van der Waals surface area contributed by atoms with Gasteiger partial charge in [-0.2, -0.15) is 0 Å². The lowest BCUT2D eigenvalue weighted by Crippen LogP contribution is -2.43. The Kier molecular flexibility index (Phi) is 2.48. The van der Waals surface area contributed by atoms with Crippen molar-refractivity contribution in [1.82, 2.24) is 19.9 Å². The highest BCUT2D eigenvalue weighted by atomic mass is 15.2. The Hall–Kier alpha value is -1.62. The fourth-order valence-electron chi connectivity index (χ4n) is 2.27. The monoisotopic (exact) mass is 231 g/mol. The smallest absolute Gasteiger partial charge is 0.130 e. The van der Waals surface area contributed by atoms with Crippen molar-refractivity contribution < 1.29 is 0 Å². The van der Waals surface area contributed by atoms with Gasteiger partial charge in [0.2, 0.25) is 0 Å². The number of fused-ring (bicyclic) bond motifs is 1. The van der Waals surface area contributed by atoms with Gasteiger partial charge in [0.1, 0.15) is 11.6 Å². The third-order valence-electron chi connectivity index (χ3n) is 3.42. The van der Waals surface area contributed by atoms with Gasteiger partial charge in [-0.1, -0.05) is 0 Å². The Morgan fingerprint density at radius 3 is 2.82 bits per heavy atom. The van der Waals surface area contributed by atoms with Gasteiger partial charge in [0.15, 0.2) is 0 Å². The summed E-state index contributed by atoms with van der Waals surface area (Å²) >= 11 is 0. The summed E-state index contributed by atoms with van der Waals surface area (Å²) in [4.78, 5) is 11.4. The molecule has 0 aromatic carbocycles. The summed E-state index contributed by atoms with van der Waals surface area (Å²) in [6.07, 6.45) is 1.92. The van der Waals surface area contributed by atoms with Crippen LogP contribution in [-0.4, -0.2) is 40.7 Å². The summed E-state index contributed by atoms with van der Waals surface area (Å²) in [5.41, 5.74) is 2.13. The van der Waals surface area contributed by atoms with Crippen molar-refractivity contribution >= 4 is 16.9 Å². The van der Waals surface area contributed by atoms with Crippen LogP contribution in [0, 0.1) is 6.92 Å². The Bertz CT molecular complexity index is 539. The van der Waals surface area contributed by atoms with E-state index >= 15 is 0 Å². The van der Waals surface area contributed by atoms with Gasteiger partial charge in [0, 0.05) is 39.3 Å². The van der Waals surface area contributed by atoms with Gasteiger partial charge in [-0.05, 0) is 6.92 Å². The molecule has 1 saturated heterocycles. The maximum atomic E-state index is 4.55. The van der Waals surface area contributed by atoms with Crippen molar-refractivity contribution in [2.75, 3.05) is 31.1 Å². The number of nitrogens with zero attached hydrogens (tertiary/aromatic N) is 4. The predicted molar refractivity (Wildman–Crippen MR) is 68.3 cm³/mol. The van der Waals surface area contributed by atoms with Gasteiger partial charge in [0.05, 0.1) is 17.2 Å². The second kappa shape index (κ2) is 4.00. The van der Waals surface area contributed by atoms with E-state index in [4.69, 9.17) is 0 Å². The molecule has 0 aliphatic carbocycles. The normalized spacial score (nSPS) is 16.7. The molecule has 0 saturated carbocycles. The zero-order valence-electron chi connectivity index (χ0n) is 10.3. The van der Waals surface area contributed by atoms with Crippen molar-refractivity contribution in [3.63, 3.8) is 0 Å². The van der Waals surface area contributed by atoms with Crippen molar-refractivity contribution in [3.8, 4) is 0 Å². The molecule has 1 aliphatic heterocycles. The summed E-state index contributed by atoms with van der Waals surface area (Å²) in [6, 6.07) is 2.09. The molecule has 0 unspecified atom stereocenters. The van der Waals surface area contributed by atoms with Gasteiger partial charge >= 0.3 is 0 Å². The molecule has 2 aromatic rings. The molecule has 1 aliphatic rings. The van der Waals surface area contributed by atoms with Crippen LogP contribution in [0.15, 0.2) is 12.3 Å². The van der Waals surface area contributed by atoms with E-state index in [0.717, 1.165) is 48.9 Å². The van der Waals surface area contributed by atoms with Gasteiger partial charge in [-0.25, -0.2) is 9.97 Å². The first-order chi connectivity index (χ1) is 8.25. The van der Waals surface area contributed by atoms with E-state index in [0.29, 0.717) is 0 Å². The first-order valence-electron chi connectivity index (χ1n) is 6.00. The maximum absolute atomic E-state index is 4.55. The fraction of sp³-hybridized carbons (Fsp3) is 0.500. The molecule has 0 radical (unpaired) electrons. The van der Waals surface area contributed by atoms with E-state index in [2.05, 4.69) is 30.8 Å². The van der Waals surface area contributed by atoms with E-state index < -0.39 is 0 Å². The van der Waals surface area contributed by atoms with Crippen molar-refractivity contribution in [1.29, 1.82) is 0 Å². The van der Waals surface area contributed by atoms with Crippen LogP contribution in [-0.2, 0) is 7.05 Å². The molecule has 90 valence electrons. The molecule has 3 rings (SSSR count). The SMILES string of the molecule is Cc1nc2cc(N3CCNCC3)ncc2n1C. The molecule has 0 atom stereocenters. The third kappa shape index (κ3) is 1.76. The molecule has 5 nitrogen and oxygen atoms in total. The number of hydrogen-bond donors (Lipinski definition) is 1. The number of hydrogen-bond acceptors (Lipinski definition) is 4. The highest BCUT2D eigenvalue weighted by Crippen LogP contribution is 2.19. The number of aromatic nitrogens is 3. The minimum atomic E-state index is 1.02. The summed E-state index contributed by atoms with van der Waals surface area (Å²) in [5, 5.41) is 3.35. The summed E-state index contributed by atoms with van der Waals surface area (Å²) < 4.78 is 2.07. The van der Waals surface area contributed by atoms with Crippen LogP contribution in [0.25, 0.3) is 11.0 Å². The van der Waals surface area contributed by atoms with Crippen molar-refractivity contribution in [3.05, 3.63) is 18.1 Å². The lowest BCUT2D eigenvalue weighted by atomic mass is 10.3. The highest BCUT2D eigenvalue weighted by molar-refractivity contribution is 5.78. The Morgan fingerprint density at radius 2 is 2.06 bits per heavy atom. The molecule has 0 bridgehead atoms. The van der Waals surface area contributed by atoms with Crippen LogP contribution in [0.3, 0.4) is 0 Å².